The highest BCUT2D eigenvalue weighted by Gasteiger charge is 2.22. The van der Waals surface area contributed by atoms with E-state index in [2.05, 4.69) is 10.6 Å². The molecule has 0 unspecified atom stereocenters. The summed E-state index contributed by atoms with van der Waals surface area (Å²) in [6.07, 6.45) is 0.623. The molecule has 2 rings (SSSR count). The van der Waals surface area contributed by atoms with Gasteiger partial charge in [0.05, 0.1) is 10.5 Å². The molecule has 26 heavy (non-hydrogen) atoms. The highest BCUT2D eigenvalue weighted by molar-refractivity contribution is 7.80. The number of aryl methyl sites for hydroxylation is 1. The number of amides is 2. The molecule has 0 saturated heterocycles. The summed E-state index contributed by atoms with van der Waals surface area (Å²) in [5.74, 6) is -1.32. The third-order valence-electron chi connectivity index (χ3n) is 3.61. The van der Waals surface area contributed by atoms with Crippen LogP contribution in [0.25, 0.3) is 0 Å². The van der Waals surface area contributed by atoms with E-state index in [-0.39, 0.29) is 16.4 Å². The minimum absolute atomic E-state index is 0.0837. The average molecular weight is 392 g/mol. The molecule has 0 spiro atoms. The third-order valence-corrected chi connectivity index (χ3v) is 4.88. The molecule has 0 atom stereocenters. The normalized spacial score (nSPS) is 10.2. The summed E-state index contributed by atoms with van der Waals surface area (Å²) in [6, 6.07) is 5.53. The van der Waals surface area contributed by atoms with Crippen LogP contribution < -0.4 is 16.4 Å². The number of nitrogens with one attached hydrogen (secondary N) is 2. The van der Waals surface area contributed by atoms with Gasteiger partial charge in [-0.3, -0.25) is 25.0 Å². The fraction of sp³-hybridized carbons (Fsp3) is 0.188. The maximum atomic E-state index is 12.3. The lowest BCUT2D eigenvalue weighted by Gasteiger charge is -2.10. The fourth-order valence-corrected chi connectivity index (χ4v) is 3.90. The van der Waals surface area contributed by atoms with Gasteiger partial charge in [-0.1, -0.05) is 19.1 Å². The Morgan fingerprint density at radius 1 is 1.35 bits per heavy atom. The first-order chi connectivity index (χ1) is 12.3. The van der Waals surface area contributed by atoms with Crippen molar-refractivity contribution in [3.05, 3.63) is 55.9 Å². The van der Waals surface area contributed by atoms with E-state index >= 15 is 0 Å². The molecular weight excluding hydrogens is 376 g/mol. The topological polar surface area (TPSA) is 127 Å². The number of thiocarbonyl (C=S) groups is 1. The number of hydrogen-bond donors (Lipinski definition) is 3. The Bertz CT molecular complexity index is 908. The summed E-state index contributed by atoms with van der Waals surface area (Å²) in [6.45, 7) is 3.76. The molecule has 0 bridgehead atoms. The van der Waals surface area contributed by atoms with Crippen LogP contribution in [0.1, 0.15) is 38.1 Å². The van der Waals surface area contributed by atoms with Gasteiger partial charge in [-0.2, -0.15) is 0 Å². The van der Waals surface area contributed by atoms with E-state index in [0.717, 1.165) is 10.4 Å². The molecule has 2 amide bonds. The van der Waals surface area contributed by atoms with Crippen LogP contribution in [-0.2, 0) is 6.42 Å². The molecule has 4 N–H and O–H groups in total. The van der Waals surface area contributed by atoms with Gasteiger partial charge in [0.25, 0.3) is 17.5 Å². The number of hydrogen-bond acceptors (Lipinski definition) is 6. The zero-order valence-electron chi connectivity index (χ0n) is 14.0. The Kier molecular flexibility index (Phi) is 6.01. The highest BCUT2D eigenvalue weighted by atomic mass is 32.1. The minimum Gasteiger partial charge on any atom is -0.365 e. The van der Waals surface area contributed by atoms with E-state index in [4.69, 9.17) is 18.0 Å². The minimum atomic E-state index is -0.723. The standard InChI is InChI=1S/C16H16N4O4S2/c1-3-9-8(2)26-15(12(9)13(17)21)19-16(25)18-14(22)10-6-4-5-7-11(10)20(23)24/h4-7H,3H2,1-2H3,(H2,17,21)(H2,18,19,22,25). The van der Waals surface area contributed by atoms with Gasteiger partial charge in [0.1, 0.15) is 10.6 Å². The van der Waals surface area contributed by atoms with Crippen molar-refractivity contribution in [3.8, 4) is 0 Å². The summed E-state index contributed by atoms with van der Waals surface area (Å²) in [4.78, 5) is 35.3. The van der Waals surface area contributed by atoms with Crippen molar-refractivity contribution in [2.24, 2.45) is 5.73 Å². The first kappa shape index (κ1) is 19.5. The molecule has 136 valence electrons. The number of carbonyl (C=O) groups excluding carboxylic acids is 2. The maximum absolute atomic E-state index is 12.3. The first-order valence-corrected chi connectivity index (χ1v) is 8.76. The molecule has 2 aromatic rings. The van der Waals surface area contributed by atoms with Crippen LogP contribution in [-0.4, -0.2) is 21.9 Å². The highest BCUT2D eigenvalue weighted by Crippen LogP contribution is 2.33. The van der Waals surface area contributed by atoms with Crippen molar-refractivity contribution in [3.63, 3.8) is 0 Å². The first-order valence-electron chi connectivity index (χ1n) is 7.54. The fourth-order valence-electron chi connectivity index (χ4n) is 2.48. The van der Waals surface area contributed by atoms with Crippen LogP contribution >= 0.6 is 23.6 Å². The van der Waals surface area contributed by atoms with Crippen LogP contribution in [0.2, 0.25) is 0 Å². The predicted octanol–water partition coefficient (Wildman–Crippen LogP) is 2.75. The number of anilines is 1. The molecule has 1 aromatic carbocycles. The van der Waals surface area contributed by atoms with Gasteiger partial charge in [-0.05, 0) is 37.2 Å². The summed E-state index contributed by atoms with van der Waals surface area (Å²) in [5, 5.41) is 16.5. The molecule has 10 heteroatoms. The van der Waals surface area contributed by atoms with Crippen molar-refractivity contribution in [2.75, 3.05) is 5.32 Å². The van der Waals surface area contributed by atoms with E-state index in [9.17, 15) is 19.7 Å². The van der Waals surface area contributed by atoms with Crippen LogP contribution in [0.5, 0.6) is 0 Å². The van der Waals surface area contributed by atoms with Gasteiger partial charge in [0.2, 0.25) is 0 Å². The Labute approximate surface area is 158 Å². The Morgan fingerprint density at radius 2 is 2.00 bits per heavy atom. The Balaban J connectivity index is 2.21. The van der Waals surface area contributed by atoms with Gasteiger partial charge >= 0.3 is 0 Å². The summed E-state index contributed by atoms with van der Waals surface area (Å²) >= 11 is 6.39. The number of para-hydroxylation sites is 1. The van der Waals surface area contributed by atoms with Crippen LogP contribution in [0.4, 0.5) is 10.7 Å². The third kappa shape index (κ3) is 4.03. The lowest BCUT2D eigenvalue weighted by atomic mass is 10.1. The van der Waals surface area contributed by atoms with Crippen molar-refractivity contribution < 1.29 is 14.5 Å². The molecular formula is C16H16N4O4S2. The summed E-state index contributed by atoms with van der Waals surface area (Å²) in [5.41, 5.74) is 6.15. The van der Waals surface area contributed by atoms with Crippen LogP contribution in [0.3, 0.4) is 0 Å². The molecule has 0 saturated carbocycles. The zero-order chi connectivity index (χ0) is 19.4. The number of nitro benzene ring substituents is 1. The van der Waals surface area contributed by atoms with E-state index in [0.29, 0.717) is 17.0 Å². The second-order valence-corrected chi connectivity index (χ2v) is 6.87. The van der Waals surface area contributed by atoms with Gasteiger partial charge in [0, 0.05) is 10.9 Å². The van der Waals surface area contributed by atoms with Gasteiger partial charge in [-0.25, -0.2) is 0 Å². The number of rotatable bonds is 5. The lowest BCUT2D eigenvalue weighted by Crippen LogP contribution is -2.34. The average Bonchev–Trinajstić information content (AvgIpc) is 2.89. The quantitative estimate of drug-likeness (QED) is 0.408. The van der Waals surface area contributed by atoms with Crippen LogP contribution in [0.15, 0.2) is 24.3 Å². The largest absolute Gasteiger partial charge is 0.365 e. The van der Waals surface area contributed by atoms with Crippen LogP contribution in [0, 0.1) is 17.0 Å². The molecule has 0 aliphatic carbocycles. The lowest BCUT2D eigenvalue weighted by molar-refractivity contribution is -0.385. The molecule has 0 aliphatic heterocycles. The molecule has 8 nitrogen and oxygen atoms in total. The van der Waals surface area contributed by atoms with Gasteiger partial charge in [0.15, 0.2) is 5.11 Å². The number of primary amides is 1. The summed E-state index contributed by atoms with van der Waals surface area (Å²) in [7, 11) is 0. The molecule has 0 fully saturated rings. The maximum Gasteiger partial charge on any atom is 0.282 e. The van der Waals surface area contributed by atoms with Crippen molar-refractivity contribution in [1.29, 1.82) is 0 Å². The van der Waals surface area contributed by atoms with Crippen molar-refractivity contribution in [2.45, 2.75) is 20.3 Å². The zero-order valence-corrected chi connectivity index (χ0v) is 15.6. The number of thiophene rings is 1. The van der Waals surface area contributed by atoms with E-state index in [1.807, 2.05) is 13.8 Å². The molecule has 0 radical (unpaired) electrons. The second-order valence-electron chi connectivity index (χ2n) is 5.24. The SMILES string of the molecule is CCc1c(C)sc(NC(=S)NC(=O)c2ccccc2[N+](=O)[O-])c1C(N)=O. The Morgan fingerprint density at radius 3 is 2.58 bits per heavy atom. The Hall–Kier alpha value is -2.85. The number of nitro groups is 1. The second kappa shape index (κ2) is 8.02. The number of benzene rings is 1. The molecule has 1 aromatic heterocycles. The predicted molar refractivity (Wildman–Crippen MR) is 104 cm³/mol. The van der Waals surface area contributed by atoms with Crippen molar-refractivity contribution >= 4 is 51.2 Å². The summed E-state index contributed by atoms with van der Waals surface area (Å²) < 4.78 is 0. The van der Waals surface area contributed by atoms with Gasteiger partial charge < -0.3 is 11.1 Å². The van der Waals surface area contributed by atoms with Crippen molar-refractivity contribution in [1.82, 2.24) is 5.32 Å². The smallest absolute Gasteiger partial charge is 0.282 e. The number of carbonyl (C=O) groups is 2. The van der Waals surface area contributed by atoms with E-state index in [1.54, 1.807) is 0 Å². The monoisotopic (exact) mass is 392 g/mol. The van der Waals surface area contributed by atoms with E-state index in [1.165, 1.54) is 35.6 Å². The van der Waals surface area contributed by atoms with E-state index < -0.39 is 16.7 Å². The molecule has 0 aliphatic rings. The van der Waals surface area contributed by atoms with Gasteiger partial charge in [-0.15, -0.1) is 11.3 Å². The molecule has 1 heterocycles. The number of nitrogens with two attached hydrogens (primary N) is 1. The number of nitrogens with zero attached hydrogens (tertiary/aromatic N) is 1.